The number of aliphatic hydroxyl groups excluding tert-OH is 1. The number of carbonyl (C=O) groups is 2. The van der Waals surface area contributed by atoms with Crippen LogP contribution in [0.4, 0.5) is 0 Å². The van der Waals surface area contributed by atoms with Crippen LogP contribution in [0.15, 0.2) is 42.0 Å². The third-order valence-electron chi connectivity index (χ3n) is 17.6. The first-order chi connectivity index (χ1) is 24.0. The van der Waals surface area contributed by atoms with Gasteiger partial charge in [0.1, 0.15) is 6.61 Å². The maximum absolute atomic E-state index is 14.9. The van der Waals surface area contributed by atoms with Crippen LogP contribution in [0.25, 0.3) is 0 Å². The predicted molar refractivity (Wildman–Crippen MR) is 199 cm³/mol. The van der Waals surface area contributed by atoms with Gasteiger partial charge in [0.15, 0.2) is 12.1 Å². The van der Waals surface area contributed by atoms with Gasteiger partial charge >= 0.3 is 5.97 Å². The van der Waals surface area contributed by atoms with E-state index in [1.807, 2.05) is 30.3 Å². The smallest absolute Gasteiger partial charge is 0.312 e. The largest absolute Gasteiger partial charge is 0.460 e. The van der Waals surface area contributed by atoms with Crippen molar-refractivity contribution in [1.29, 1.82) is 0 Å². The molecule has 0 amide bonds. The van der Waals surface area contributed by atoms with Gasteiger partial charge in [0.2, 0.25) is 0 Å². The lowest BCUT2D eigenvalue weighted by molar-refractivity contribution is -0.252. The second kappa shape index (κ2) is 12.2. The van der Waals surface area contributed by atoms with Gasteiger partial charge in [0, 0.05) is 18.4 Å². The lowest BCUT2D eigenvalue weighted by atomic mass is 9.33. The Morgan fingerprint density at radius 2 is 1.61 bits per heavy atom. The van der Waals surface area contributed by atoms with E-state index in [9.17, 15) is 14.7 Å². The molecule has 7 fully saturated rings. The van der Waals surface area contributed by atoms with Gasteiger partial charge in [-0.25, -0.2) is 0 Å². The molecule has 4 saturated carbocycles. The van der Waals surface area contributed by atoms with Crippen LogP contribution in [-0.2, 0) is 25.7 Å². The molecule has 1 aromatic rings. The highest BCUT2D eigenvalue weighted by Crippen LogP contribution is 2.75. The molecule has 1 aromatic carbocycles. The number of carbonyl (C=O) groups excluding carboxylic acids is 2. The van der Waals surface area contributed by atoms with Crippen LogP contribution in [0, 0.1) is 62.1 Å². The zero-order valence-corrected chi connectivity index (χ0v) is 32.6. The van der Waals surface area contributed by atoms with Crippen molar-refractivity contribution in [2.75, 3.05) is 19.6 Å². The molecular formula is C45H65NO5. The highest BCUT2D eigenvalue weighted by atomic mass is 16.6. The average Bonchev–Trinajstić information content (AvgIpc) is 3.09. The van der Waals surface area contributed by atoms with Crippen molar-refractivity contribution in [2.45, 2.75) is 138 Å². The molecule has 1 unspecified atom stereocenters. The fourth-order valence-electron chi connectivity index (χ4n) is 14.1. The zero-order valence-electron chi connectivity index (χ0n) is 32.6. The van der Waals surface area contributed by atoms with E-state index in [1.165, 1.54) is 31.5 Å². The zero-order chi connectivity index (χ0) is 36.2. The molecule has 11 atom stereocenters. The number of nitrogens with zero attached hydrogens (tertiary/aromatic N) is 1. The minimum Gasteiger partial charge on any atom is -0.460 e. The molecule has 5 aliphatic carbocycles. The molecule has 6 heteroatoms. The molecule has 0 aromatic heterocycles. The standard InChI is InChI=1S/C45H65NO5/c1-40(2)31(38(48)51-35-27-46-23-15-30(35)16-24-46)13-17-43(5)36(40)14-18-45(7)37(43)34(47)25-32-33-26-42(4,20-19-41(33,3)21-22-44(32,45)6)39(49)50-28-29-11-9-8-10-12-29/h8-12,25,30-31,33,35-38,48H,13-24,26-28H2,1-7H3/t31-,33+,35+,36+,37-,38?,41-,42+,43+,44-,45-/m1/s1. The number of hydrogen-bond donors (Lipinski definition) is 1. The Labute approximate surface area is 307 Å². The first-order valence-electron chi connectivity index (χ1n) is 20.6. The summed E-state index contributed by atoms with van der Waals surface area (Å²) in [4.78, 5) is 31.2. The molecule has 3 heterocycles. The van der Waals surface area contributed by atoms with Crippen LogP contribution in [0.5, 0.6) is 0 Å². The molecule has 0 radical (unpaired) electrons. The van der Waals surface area contributed by atoms with Gasteiger partial charge in [0.05, 0.1) is 11.5 Å². The molecular weight excluding hydrogens is 634 g/mol. The van der Waals surface area contributed by atoms with Crippen LogP contribution in [0.2, 0.25) is 0 Å². The van der Waals surface area contributed by atoms with Crippen LogP contribution in [-0.4, -0.2) is 53.8 Å². The summed E-state index contributed by atoms with van der Waals surface area (Å²) >= 11 is 0. The Morgan fingerprint density at radius 1 is 0.902 bits per heavy atom. The first kappa shape index (κ1) is 36.0. The van der Waals surface area contributed by atoms with Crippen LogP contribution >= 0.6 is 0 Å². The molecule has 2 bridgehead atoms. The Morgan fingerprint density at radius 3 is 2.29 bits per heavy atom. The Bertz CT molecular complexity index is 1560. The molecule has 8 aliphatic rings. The molecule has 0 spiro atoms. The summed E-state index contributed by atoms with van der Waals surface area (Å²) in [5, 5.41) is 11.8. The lowest BCUT2D eigenvalue weighted by Crippen LogP contribution is -2.66. The SMILES string of the molecule is CC1(C)[C@@H](C(O)O[C@H]2CN3CCC2CC3)CC[C@]2(C)[C@H]3C(=O)C=C4[C@@H]5C[C@@](C)(C(=O)OCc6ccccc6)CC[C@]5(C)CC[C@@]4(C)[C@]3(C)CC[C@@H]12. The topological polar surface area (TPSA) is 76.1 Å². The van der Waals surface area contributed by atoms with Gasteiger partial charge < -0.3 is 19.5 Å². The van der Waals surface area contributed by atoms with Gasteiger partial charge in [-0.1, -0.05) is 77.4 Å². The van der Waals surface area contributed by atoms with Gasteiger partial charge in [-0.3, -0.25) is 9.59 Å². The molecule has 51 heavy (non-hydrogen) atoms. The van der Waals surface area contributed by atoms with E-state index in [1.54, 1.807) is 0 Å². The molecule has 9 rings (SSSR count). The average molecular weight is 700 g/mol. The van der Waals surface area contributed by atoms with Crippen LogP contribution in [0.3, 0.4) is 0 Å². The van der Waals surface area contributed by atoms with Gasteiger partial charge in [-0.2, -0.15) is 0 Å². The monoisotopic (exact) mass is 699 g/mol. The Hall–Kier alpha value is -2.02. The number of aliphatic hydroxyl groups is 1. The highest BCUT2D eigenvalue weighted by Gasteiger charge is 2.70. The maximum atomic E-state index is 14.9. The minimum atomic E-state index is -0.759. The van der Waals surface area contributed by atoms with Crippen LogP contribution < -0.4 is 0 Å². The minimum absolute atomic E-state index is 0.0483. The summed E-state index contributed by atoms with van der Waals surface area (Å²) in [6.45, 7) is 20.3. The fraction of sp³-hybridized carbons (Fsp3) is 0.778. The number of benzene rings is 1. The highest BCUT2D eigenvalue weighted by molar-refractivity contribution is 5.95. The second-order valence-corrected chi connectivity index (χ2v) is 20.5. The normalized spacial score (nSPS) is 47.6. The number of esters is 1. The maximum Gasteiger partial charge on any atom is 0.312 e. The predicted octanol–water partition coefficient (Wildman–Crippen LogP) is 8.76. The van der Waals surface area contributed by atoms with E-state index >= 15 is 0 Å². The Balaban J connectivity index is 1.05. The molecule has 1 N–H and O–H groups in total. The van der Waals surface area contributed by atoms with Crippen molar-refractivity contribution >= 4 is 11.8 Å². The number of piperidine rings is 3. The van der Waals surface area contributed by atoms with Crippen molar-refractivity contribution in [2.24, 2.45) is 62.1 Å². The first-order valence-corrected chi connectivity index (χ1v) is 20.6. The van der Waals surface area contributed by atoms with Crippen molar-refractivity contribution < 1.29 is 24.2 Å². The second-order valence-electron chi connectivity index (χ2n) is 20.5. The number of ketones is 1. The van der Waals surface area contributed by atoms with Crippen molar-refractivity contribution in [1.82, 2.24) is 4.90 Å². The van der Waals surface area contributed by atoms with E-state index in [0.29, 0.717) is 24.2 Å². The van der Waals surface area contributed by atoms with E-state index in [0.717, 1.165) is 69.9 Å². The molecule has 280 valence electrons. The van der Waals surface area contributed by atoms with Crippen molar-refractivity contribution in [3.05, 3.63) is 47.5 Å². The number of ether oxygens (including phenoxy) is 2. The summed E-state index contributed by atoms with van der Waals surface area (Å²) in [5.41, 5.74) is 1.31. The number of hydrogen-bond acceptors (Lipinski definition) is 6. The molecule has 3 saturated heterocycles. The third-order valence-corrected chi connectivity index (χ3v) is 17.6. The van der Waals surface area contributed by atoms with Crippen LogP contribution in [0.1, 0.15) is 125 Å². The van der Waals surface area contributed by atoms with Gasteiger partial charge in [-0.05, 0) is 147 Å². The van der Waals surface area contributed by atoms with Gasteiger partial charge in [0.25, 0.3) is 0 Å². The molecule has 6 nitrogen and oxygen atoms in total. The lowest BCUT2D eigenvalue weighted by Gasteiger charge is -2.71. The Kier molecular flexibility index (Phi) is 8.64. The van der Waals surface area contributed by atoms with E-state index in [4.69, 9.17) is 9.47 Å². The van der Waals surface area contributed by atoms with E-state index in [-0.39, 0.29) is 56.9 Å². The fourth-order valence-corrected chi connectivity index (χ4v) is 14.1. The van der Waals surface area contributed by atoms with Crippen molar-refractivity contribution in [3.8, 4) is 0 Å². The summed E-state index contributed by atoms with van der Waals surface area (Å²) < 4.78 is 12.6. The summed E-state index contributed by atoms with van der Waals surface area (Å²) in [5.74, 6) is 1.33. The summed E-state index contributed by atoms with van der Waals surface area (Å²) in [6, 6.07) is 9.97. The van der Waals surface area contributed by atoms with E-state index < -0.39 is 11.7 Å². The number of allylic oxidation sites excluding steroid dienone is 2. The number of fused-ring (bicyclic) bond motifs is 10. The van der Waals surface area contributed by atoms with Crippen molar-refractivity contribution in [3.63, 3.8) is 0 Å². The third kappa shape index (κ3) is 5.41. The number of rotatable bonds is 6. The summed E-state index contributed by atoms with van der Waals surface area (Å²) in [7, 11) is 0. The summed E-state index contributed by atoms with van der Waals surface area (Å²) in [6.07, 6.45) is 12.6. The van der Waals surface area contributed by atoms with E-state index in [2.05, 4.69) is 59.4 Å². The quantitative estimate of drug-likeness (QED) is 0.237. The molecule has 3 aliphatic heterocycles. The van der Waals surface area contributed by atoms with Gasteiger partial charge in [-0.15, -0.1) is 0 Å².